The van der Waals surface area contributed by atoms with Crippen molar-refractivity contribution in [1.82, 2.24) is 24.9 Å². The van der Waals surface area contributed by atoms with Gasteiger partial charge in [-0.1, -0.05) is 12.1 Å². The van der Waals surface area contributed by atoms with E-state index in [1.54, 1.807) is 36.8 Å². The summed E-state index contributed by atoms with van der Waals surface area (Å²) in [4.78, 5) is 21.5. The molecule has 0 aliphatic rings. The third-order valence-corrected chi connectivity index (χ3v) is 5.83. The van der Waals surface area contributed by atoms with Crippen LogP contribution in [0.5, 0.6) is 0 Å². The smallest absolute Gasteiger partial charge is 0.197 e. The fourth-order valence-corrected chi connectivity index (χ4v) is 3.85. The molecular weight excluding hydrogens is 400 g/mol. The fourth-order valence-electron chi connectivity index (χ4n) is 2.76. The Hall–Kier alpha value is -3.72. The van der Waals surface area contributed by atoms with Gasteiger partial charge in [0.25, 0.3) is 0 Å². The van der Waals surface area contributed by atoms with E-state index in [-0.39, 0.29) is 17.3 Å². The fraction of sp³-hybridized carbons (Fsp3) is 0.0952. The number of hydrogen-bond donors (Lipinski definition) is 1. The Labute approximate surface area is 174 Å². The van der Waals surface area contributed by atoms with Gasteiger partial charge in [-0.3, -0.25) is 9.97 Å². The summed E-state index contributed by atoms with van der Waals surface area (Å²) in [7, 11) is -3.49. The van der Waals surface area contributed by atoms with Gasteiger partial charge in [-0.15, -0.1) is 0 Å². The molecule has 0 bridgehead atoms. The van der Waals surface area contributed by atoms with Crippen molar-refractivity contribution in [2.24, 2.45) is 0 Å². The average Bonchev–Trinajstić information content (AvgIpc) is 2.80. The van der Waals surface area contributed by atoms with Crippen molar-refractivity contribution in [3.8, 4) is 22.8 Å². The molecule has 1 N–H and O–H groups in total. The topological polar surface area (TPSA) is 111 Å². The lowest BCUT2D eigenvalue weighted by molar-refractivity contribution is 0.592. The average molecular weight is 418 g/mol. The zero-order chi connectivity index (χ0) is 20.8. The van der Waals surface area contributed by atoms with E-state index in [2.05, 4.69) is 30.2 Å². The Balaban J connectivity index is 1.59. The number of aromatic nitrogens is 5. The van der Waals surface area contributed by atoms with E-state index in [4.69, 9.17) is 0 Å². The van der Waals surface area contributed by atoms with Crippen LogP contribution in [0.15, 0.2) is 84.4 Å². The number of nitrogens with one attached hydrogen (secondary N) is 1. The molecule has 4 aromatic heterocycles. The van der Waals surface area contributed by atoms with Gasteiger partial charge in [0.2, 0.25) is 0 Å². The lowest BCUT2D eigenvalue weighted by Gasteiger charge is -2.10. The zero-order valence-corrected chi connectivity index (χ0v) is 16.7. The Bertz CT molecular complexity index is 1160. The summed E-state index contributed by atoms with van der Waals surface area (Å²) in [5.41, 5.74) is 2.10. The molecule has 0 unspecified atom stereocenters. The van der Waals surface area contributed by atoms with Crippen LogP contribution in [0.1, 0.15) is 0 Å². The van der Waals surface area contributed by atoms with Crippen LogP contribution in [-0.4, -0.2) is 45.6 Å². The van der Waals surface area contributed by atoms with Crippen LogP contribution in [0, 0.1) is 0 Å². The molecule has 4 aromatic rings. The Morgan fingerprint density at radius 1 is 0.833 bits per heavy atom. The molecule has 0 spiro atoms. The lowest BCUT2D eigenvalue weighted by Crippen LogP contribution is -2.17. The largest absolute Gasteiger partial charge is 0.369 e. The summed E-state index contributed by atoms with van der Waals surface area (Å²) in [6.07, 6.45) is 6.53. The molecule has 0 atom stereocenters. The molecule has 0 aromatic carbocycles. The van der Waals surface area contributed by atoms with E-state index in [0.29, 0.717) is 23.0 Å². The number of rotatable bonds is 7. The number of hydrogen-bond acceptors (Lipinski definition) is 8. The normalized spacial score (nSPS) is 11.2. The van der Waals surface area contributed by atoms with Gasteiger partial charge < -0.3 is 5.32 Å². The Kier molecular flexibility index (Phi) is 5.71. The van der Waals surface area contributed by atoms with E-state index in [1.807, 2.05) is 30.3 Å². The van der Waals surface area contributed by atoms with Gasteiger partial charge in [0.1, 0.15) is 11.5 Å². The highest BCUT2D eigenvalue weighted by molar-refractivity contribution is 7.91. The lowest BCUT2D eigenvalue weighted by atomic mass is 10.2. The summed E-state index contributed by atoms with van der Waals surface area (Å²) in [6.45, 7) is 0.171. The van der Waals surface area contributed by atoms with Gasteiger partial charge in [0.05, 0.1) is 11.4 Å². The zero-order valence-electron chi connectivity index (χ0n) is 15.9. The Morgan fingerprint density at radius 2 is 1.67 bits per heavy atom. The molecule has 0 saturated carbocycles. The number of nitrogens with zero attached hydrogens (tertiary/aromatic N) is 5. The molecule has 30 heavy (non-hydrogen) atoms. The van der Waals surface area contributed by atoms with Gasteiger partial charge in [-0.25, -0.2) is 23.4 Å². The van der Waals surface area contributed by atoms with Crippen LogP contribution in [0.4, 0.5) is 5.82 Å². The molecule has 4 heterocycles. The van der Waals surface area contributed by atoms with Gasteiger partial charge >= 0.3 is 0 Å². The van der Waals surface area contributed by atoms with Crippen molar-refractivity contribution in [3.05, 3.63) is 79.4 Å². The Morgan fingerprint density at radius 3 is 2.37 bits per heavy atom. The second-order valence-electron chi connectivity index (χ2n) is 6.33. The summed E-state index contributed by atoms with van der Waals surface area (Å²) >= 11 is 0. The highest BCUT2D eigenvalue weighted by Crippen LogP contribution is 2.23. The monoisotopic (exact) mass is 418 g/mol. The third kappa shape index (κ3) is 4.64. The van der Waals surface area contributed by atoms with Crippen molar-refractivity contribution in [3.63, 3.8) is 0 Å². The van der Waals surface area contributed by atoms with Crippen molar-refractivity contribution < 1.29 is 8.42 Å². The molecule has 0 aliphatic heterocycles. The molecule has 0 saturated heterocycles. The minimum Gasteiger partial charge on any atom is -0.369 e. The van der Waals surface area contributed by atoms with E-state index >= 15 is 0 Å². The van der Waals surface area contributed by atoms with Gasteiger partial charge in [0, 0.05) is 43.0 Å². The first-order valence-corrected chi connectivity index (χ1v) is 10.9. The molecule has 8 nitrogen and oxygen atoms in total. The quantitative estimate of drug-likeness (QED) is 0.488. The molecule has 4 rings (SSSR count). The standard InChI is InChI=1S/C21H18N6O2S/c28-30(29,20-8-2-4-11-25-20)13-12-24-19-14-18(16-6-5-9-22-15-16)26-21(27-19)17-7-1-3-10-23-17/h1-11,14-15H,12-13H2,(H,24,26,27). The van der Waals surface area contributed by atoms with Gasteiger partial charge in [-0.2, -0.15) is 0 Å². The minimum atomic E-state index is -3.49. The highest BCUT2D eigenvalue weighted by atomic mass is 32.2. The first-order chi connectivity index (χ1) is 14.6. The van der Waals surface area contributed by atoms with Crippen LogP contribution in [-0.2, 0) is 9.84 Å². The van der Waals surface area contributed by atoms with Crippen molar-refractivity contribution in [1.29, 1.82) is 0 Å². The first kappa shape index (κ1) is 19.6. The first-order valence-electron chi connectivity index (χ1n) is 9.20. The minimum absolute atomic E-state index is 0.0553. The predicted octanol–water partition coefficient (Wildman–Crippen LogP) is 2.88. The maximum absolute atomic E-state index is 12.4. The van der Waals surface area contributed by atoms with Gasteiger partial charge in [0.15, 0.2) is 20.7 Å². The molecule has 0 fully saturated rings. The number of pyridine rings is 3. The summed E-state index contributed by atoms with van der Waals surface area (Å²) in [5.74, 6) is 0.822. The van der Waals surface area contributed by atoms with E-state index in [0.717, 1.165) is 5.56 Å². The molecule has 150 valence electrons. The van der Waals surface area contributed by atoms with Crippen LogP contribution in [0.3, 0.4) is 0 Å². The van der Waals surface area contributed by atoms with Crippen molar-refractivity contribution in [2.45, 2.75) is 5.03 Å². The highest BCUT2D eigenvalue weighted by Gasteiger charge is 2.16. The van der Waals surface area contributed by atoms with E-state index < -0.39 is 9.84 Å². The SMILES string of the molecule is O=S(=O)(CCNc1cc(-c2cccnc2)nc(-c2ccccn2)n1)c1ccccn1. The molecule has 9 heteroatoms. The van der Waals surface area contributed by atoms with E-state index in [1.165, 1.54) is 12.3 Å². The number of sulfone groups is 1. The van der Waals surface area contributed by atoms with Crippen molar-refractivity contribution in [2.75, 3.05) is 17.6 Å². The van der Waals surface area contributed by atoms with E-state index in [9.17, 15) is 8.42 Å². The van der Waals surface area contributed by atoms with Gasteiger partial charge in [-0.05, 0) is 36.4 Å². The molecular formula is C21H18N6O2S. The third-order valence-electron chi connectivity index (χ3n) is 4.21. The maximum Gasteiger partial charge on any atom is 0.197 e. The van der Waals surface area contributed by atoms with Crippen LogP contribution in [0.2, 0.25) is 0 Å². The van der Waals surface area contributed by atoms with Crippen LogP contribution < -0.4 is 5.32 Å². The number of anilines is 1. The summed E-state index contributed by atoms with van der Waals surface area (Å²) in [6, 6.07) is 15.8. The second-order valence-corrected chi connectivity index (χ2v) is 8.39. The predicted molar refractivity (Wildman–Crippen MR) is 113 cm³/mol. The molecule has 0 aliphatic carbocycles. The van der Waals surface area contributed by atoms with Crippen LogP contribution in [0.25, 0.3) is 22.8 Å². The molecule has 0 radical (unpaired) electrons. The summed E-state index contributed by atoms with van der Waals surface area (Å²) in [5, 5.41) is 3.14. The van der Waals surface area contributed by atoms with Crippen LogP contribution >= 0.6 is 0 Å². The van der Waals surface area contributed by atoms with Crippen molar-refractivity contribution >= 4 is 15.7 Å². The maximum atomic E-state index is 12.4. The summed E-state index contributed by atoms with van der Waals surface area (Å²) < 4.78 is 24.9. The second kappa shape index (κ2) is 8.75. The molecule has 0 amide bonds.